The van der Waals surface area contributed by atoms with Crippen LogP contribution in [0.15, 0.2) is 69.6 Å². The van der Waals surface area contributed by atoms with Crippen LogP contribution < -0.4 is 14.9 Å². The molecular formula is C23H18ClFN2O3S. The molecule has 0 saturated heterocycles. The van der Waals surface area contributed by atoms with Gasteiger partial charge in [-0.25, -0.2) is 14.2 Å². The number of nitrogens with zero attached hydrogens (tertiary/aromatic N) is 2. The molecule has 1 aromatic heterocycles. The van der Waals surface area contributed by atoms with Gasteiger partial charge in [0.15, 0.2) is 4.80 Å². The standard InChI is InChI=1S/C23H18ClFN2O3S/c1-3-30-22(29)19-13(2)26-23-27(20(19)15-6-10-17(25)11-7-15)21(28)18(31-23)12-14-4-8-16(24)9-5-14/h4-12,20H,3H2,1-2H3. The molecule has 4 rings (SSSR count). The highest BCUT2D eigenvalue weighted by atomic mass is 35.5. The summed E-state index contributed by atoms with van der Waals surface area (Å²) in [5.41, 5.74) is 1.85. The maximum atomic E-state index is 13.6. The number of hydrogen-bond donors (Lipinski definition) is 0. The highest BCUT2D eigenvalue weighted by Gasteiger charge is 2.33. The van der Waals surface area contributed by atoms with E-state index in [0.717, 1.165) is 5.56 Å². The highest BCUT2D eigenvalue weighted by Crippen LogP contribution is 2.30. The second kappa shape index (κ2) is 8.61. The Morgan fingerprint density at radius 3 is 2.55 bits per heavy atom. The quantitative estimate of drug-likeness (QED) is 0.564. The third-order valence-electron chi connectivity index (χ3n) is 4.87. The van der Waals surface area contributed by atoms with E-state index >= 15 is 0 Å². The summed E-state index contributed by atoms with van der Waals surface area (Å²) < 4.78 is 20.7. The third kappa shape index (κ3) is 4.11. The van der Waals surface area contributed by atoms with Crippen molar-refractivity contribution in [1.29, 1.82) is 0 Å². The van der Waals surface area contributed by atoms with Crippen molar-refractivity contribution in [3.05, 3.63) is 101 Å². The van der Waals surface area contributed by atoms with E-state index in [2.05, 4.69) is 4.99 Å². The topological polar surface area (TPSA) is 60.7 Å². The highest BCUT2D eigenvalue weighted by molar-refractivity contribution is 7.07. The fourth-order valence-electron chi connectivity index (χ4n) is 3.46. The number of hydrogen-bond acceptors (Lipinski definition) is 5. The lowest BCUT2D eigenvalue weighted by atomic mass is 9.96. The minimum atomic E-state index is -0.761. The van der Waals surface area contributed by atoms with Gasteiger partial charge in [-0.1, -0.05) is 47.2 Å². The molecule has 0 aliphatic carbocycles. The van der Waals surface area contributed by atoms with Gasteiger partial charge in [-0.05, 0) is 55.3 Å². The molecule has 158 valence electrons. The fraction of sp³-hybridized carbons (Fsp3) is 0.174. The number of rotatable bonds is 4. The maximum Gasteiger partial charge on any atom is 0.338 e. The molecule has 1 atom stereocenters. The molecule has 0 bridgehead atoms. The van der Waals surface area contributed by atoms with E-state index in [1.165, 1.54) is 28.0 Å². The van der Waals surface area contributed by atoms with Gasteiger partial charge in [0, 0.05) is 5.02 Å². The molecule has 0 N–H and O–H groups in total. The van der Waals surface area contributed by atoms with E-state index < -0.39 is 17.8 Å². The molecule has 1 unspecified atom stereocenters. The number of thiazole rings is 1. The molecule has 0 amide bonds. The summed E-state index contributed by atoms with van der Waals surface area (Å²) in [4.78, 5) is 31.1. The van der Waals surface area contributed by atoms with Crippen molar-refractivity contribution in [1.82, 2.24) is 4.57 Å². The van der Waals surface area contributed by atoms with Crippen LogP contribution in [0.2, 0.25) is 5.02 Å². The lowest BCUT2D eigenvalue weighted by Gasteiger charge is -2.24. The number of benzene rings is 2. The molecule has 0 saturated carbocycles. The smallest absolute Gasteiger partial charge is 0.338 e. The van der Waals surface area contributed by atoms with Gasteiger partial charge in [0.2, 0.25) is 0 Å². The largest absolute Gasteiger partial charge is 0.463 e. The van der Waals surface area contributed by atoms with Gasteiger partial charge < -0.3 is 4.74 Å². The van der Waals surface area contributed by atoms with Gasteiger partial charge in [-0.15, -0.1) is 0 Å². The van der Waals surface area contributed by atoms with E-state index in [-0.39, 0.29) is 17.7 Å². The Kier molecular flexibility index (Phi) is 5.89. The van der Waals surface area contributed by atoms with Crippen molar-refractivity contribution >= 4 is 35.0 Å². The second-order valence-electron chi connectivity index (χ2n) is 6.91. The van der Waals surface area contributed by atoms with Crippen LogP contribution in [0.5, 0.6) is 0 Å². The van der Waals surface area contributed by atoms with Crippen molar-refractivity contribution in [2.45, 2.75) is 19.9 Å². The van der Waals surface area contributed by atoms with Gasteiger partial charge in [-0.3, -0.25) is 9.36 Å². The van der Waals surface area contributed by atoms with Crippen LogP contribution >= 0.6 is 22.9 Å². The molecule has 31 heavy (non-hydrogen) atoms. The minimum absolute atomic E-state index is 0.187. The summed E-state index contributed by atoms with van der Waals surface area (Å²) >= 11 is 7.17. The van der Waals surface area contributed by atoms with Crippen LogP contribution in [0.1, 0.15) is 31.0 Å². The Bertz CT molecular complexity index is 1360. The zero-order chi connectivity index (χ0) is 22.1. The lowest BCUT2D eigenvalue weighted by molar-refractivity contribution is -0.139. The first-order valence-corrected chi connectivity index (χ1v) is 10.8. The van der Waals surface area contributed by atoms with Crippen LogP contribution in [-0.2, 0) is 9.53 Å². The molecule has 1 aliphatic rings. The molecule has 2 heterocycles. The van der Waals surface area contributed by atoms with Crippen molar-refractivity contribution in [3.8, 4) is 0 Å². The van der Waals surface area contributed by atoms with Crippen molar-refractivity contribution < 1.29 is 13.9 Å². The van der Waals surface area contributed by atoms with Crippen molar-refractivity contribution in [2.75, 3.05) is 6.61 Å². The van der Waals surface area contributed by atoms with Crippen LogP contribution in [-0.4, -0.2) is 17.1 Å². The van der Waals surface area contributed by atoms with Crippen molar-refractivity contribution in [2.24, 2.45) is 4.99 Å². The Morgan fingerprint density at radius 1 is 1.23 bits per heavy atom. The number of aromatic nitrogens is 1. The molecule has 8 heteroatoms. The number of halogens is 2. The number of ether oxygens (including phenoxy) is 1. The summed E-state index contributed by atoms with van der Waals surface area (Å²) in [6.45, 7) is 3.60. The van der Waals surface area contributed by atoms with Gasteiger partial charge in [0.25, 0.3) is 5.56 Å². The predicted octanol–water partition coefficient (Wildman–Crippen LogP) is 3.59. The molecular weight excluding hydrogens is 439 g/mol. The van der Waals surface area contributed by atoms with E-state index in [9.17, 15) is 14.0 Å². The zero-order valence-electron chi connectivity index (χ0n) is 16.8. The predicted molar refractivity (Wildman–Crippen MR) is 118 cm³/mol. The minimum Gasteiger partial charge on any atom is -0.463 e. The van der Waals surface area contributed by atoms with Crippen LogP contribution in [0, 0.1) is 5.82 Å². The average Bonchev–Trinajstić information content (AvgIpc) is 3.04. The molecule has 5 nitrogen and oxygen atoms in total. The van der Waals surface area contributed by atoms with Gasteiger partial charge in [0.05, 0.1) is 28.5 Å². The number of esters is 1. The molecule has 2 aromatic carbocycles. The number of carbonyl (C=O) groups is 1. The molecule has 1 aliphatic heterocycles. The second-order valence-corrected chi connectivity index (χ2v) is 8.35. The first-order chi connectivity index (χ1) is 14.9. The summed E-state index contributed by atoms with van der Waals surface area (Å²) in [6, 6.07) is 12.1. The fourth-order valence-corrected chi connectivity index (χ4v) is 4.63. The Labute approximate surface area is 186 Å². The maximum absolute atomic E-state index is 13.6. The summed E-state index contributed by atoms with van der Waals surface area (Å²) in [5.74, 6) is -0.956. The molecule has 0 fully saturated rings. The Balaban J connectivity index is 1.94. The summed E-state index contributed by atoms with van der Waals surface area (Å²) in [5, 5.41) is 0.602. The summed E-state index contributed by atoms with van der Waals surface area (Å²) in [7, 11) is 0. The Hall–Kier alpha value is -3.03. The molecule has 0 radical (unpaired) electrons. The van der Waals surface area contributed by atoms with Crippen LogP contribution in [0.3, 0.4) is 0 Å². The Morgan fingerprint density at radius 2 is 1.90 bits per heavy atom. The third-order valence-corrected chi connectivity index (χ3v) is 6.11. The van der Waals surface area contributed by atoms with E-state index in [1.807, 2.05) is 12.1 Å². The van der Waals surface area contributed by atoms with Crippen LogP contribution in [0.4, 0.5) is 4.39 Å². The van der Waals surface area contributed by atoms with Crippen molar-refractivity contribution in [3.63, 3.8) is 0 Å². The first kappa shape index (κ1) is 21.2. The lowest BCUT2D eigenvalue weighted by Crippen LogP contribution is -2.39. The van der Waals surface area contributed by atoms with E-state index in [0.29, 0.717) is 25.6 Å². The zero-order valence-corrected chi connectivity index (χ0v) is 18.3. The molecule has 0 spiro atoms. The SMILES string of the molecule is CCOC(=O)C1=C(C)N=c2sc(=Cc3ccc(Cl)cc3)c(=O)n2C1c1ccc(F)cc1. The summed E-state index contributed by atoms with van der Waals surface area (Å²) in [6.07, 6.45) is 1.76. The van der Waals surface area contributed by atoms with Gasteiger partial charge in [0.1, 0.15) is 5.82 Å². The first-order valence-electron chi connectivity index (χ1n) is 9.59. The van der Waals surface area contributed by atoms with Gasteiger partial charge in [-0.2, -0.15) is 0 Å². The number of carbonyl (C=O) groups excluding carboxylic acids is 1. The monoisotopic (exact) mass is 456 g/mol. The van der Waals surface area contributed by atoms with E-state index in [4.69, 9.17) is 16.3 Å². The average molecular weight is 457 g/mol. The van der Waals surface area contributed by atoms with E-state index in [1.54, 1.807) is 44.2 Å². The number of allylic oxidation sites excluding steroid dienone is 1. The molecule has 3 aromatic rings. The van der Waals surface area contributed by atoms with Gasteiger partial charge >= 0.3 is 5.97 Å². The number of fused-ring (bicyclic) bond motifs is 1. The van der Waals surface area contributed by atoms with Crippen LogP contribution in [0.25, 0.3) is 6.08 Å². The normalized spacial score (nSPS) is 16.1.